The fraction of sp³-hybridized carbons (Fsp3) is 0.750. The maximum atomic E-state index is 11.3. The first kappa shape index (κ1) is 12.9. The average Bonchev–Trinajstić information content (AvgIpc) is 2.13. The number of aliphatic hydroxyl groups excluding tert-OH is 1. The van der Waals surface area contributed by atoms with Crippen LogP contribution in [0, 0.1) is 0 Å². The Bertz CT molecular complexity index is 196. The molecular weight excluding hydrogens is 188 g/mol. The predicted octanol–water partition coefficient (Wildman–Crippen LogP) is -1.94. The maximum Gasteiger partial charge on any atom is 0.518 e. The van der Waals surface area contributed by atoms with Crippen LogP contribution in [0.1, 0.15) is 19.8 Å². The van der Waals surface area contributed by atoms with Crippen molar-refractivity contribution in [3.05, 3.63) is 0 Å². The molecule has 82 valence electrons. The lowest BCUT2D eigenvalue weighted by Gasteiger charge is -2.13. The van der Waals surface area contributed by atoms with Crippen molar-refractivity contribution in [1.82, 2.24) is 10.6 Å². The van der Waals surface area contributed by atoms with E-state index < -0.39 is 18.7 Å². The molecule has 0 aromatic carbocycles. The molecule has 5 N–H and O–H groups in total. The number of carbonyl (C=O) groups is 2. The summed E-state index contributed by atoms with van der Waals surface area (Å²) in [5.74, 6) is -1.19. The summed E-state index contributed by atoms with van der Waals surface area (Å²) in [5, 5.41) is 20.3. The van der Waals surface area contributed by atoms with Crippen molar-refractivity contribution >= 4 is 11.9 Å². The van der Waals surface area contributed by atoms with Crippen LogP contribution in [0.3, 0.4) is 0 Å². The molecule has 6 heteroatoms. The Morgan fingerprint density at radius 1 is 1.50 bits per heavy atom. The van der Waals surface area contributed by atoms with Gasteiger partial charge in [0, 0.05) is 11.3 Å². The Hall–Kier alpha value is -1.14. The highest BCUT2D eigenvalue weighted by Crippen LogP contribution is 1.92. The molecule has 0 bridgehead atoms. The van der Waals surface area contributed by atoms with Gasteiger partial charge in [-0.2, -0.15) is 0 Å². The number of nitrogens with one attached hydrogen (secondary N) is 2. The number of carbonyl (C=O) groups excluding carboxylic acids is 2. The van der Waals surface area contributed by atoms with Gasteiger partial charge in [0.2, 0.25) is 5.91 Å². The molecule has 0 aliphatic carbocycles. The van der Waals surface area contributed by atoms with E-state index in [0.717, 1.165) is 6.42 Å². The van der Waals surface area contributed by atoms with Crippen LogP contribution < -0.4 is 10.6 Å². The number of hydrogen-bond acceptors (Lipinski definition) is 4. The second kappa shape index (κ2) is 7.28. The topological polar surface area (TPSA) is 101 Å². The molecule has 0 saturated carbocycles. The summed E-state index contributed by atoms with van der Waals surface area (Å²) in [6, 6.07) is -0.809. The summed E-state index contributed by atoms with van der Waals surface area (Å²) >= 11 is 0. The second-order valence-corrected chi connectivity index (χ2v) is 2.83. The van der Waals surface area contributed by atoms with E-state index in [1.807, 2.05) is 6.92 Å². The highest BCUT2D eigenvalue weighted by Gasteiger charge is 2.23. The SMILES string of the molecule is CCCNC(=O)[C@H](CC(=O)[OH2+])NCO. The Balaban J connectivity index is 4.03. The largest absolute Gasteiger partial charge is 0.565 e. The molecule has 0 heterocycles. The molecule has 0 rings (SSSR count). The van der Waals surface area contributed by atoms with E-state index in [2.05, 4.69) is 10.6 Å². The zero-order chi connectivity index (χ0) is 11.0. The Morgan fingerprint density at radius 3 is 2.57 bits per heavy atom. The number of hydrogen-bond donors (Lipinski definition) is 3. The lowest BCUT2D eigenvalue weighted by molar-refractivity contribution is -0.140. The molecule has 0 aliphatic heterocycles. The number of amides is 1. The van der Waals surface area contributed by atoms with Gasteiger partial charge in [-0.05, 0) is 6.42 Å². The zero-order valence-corrected chi connectivity index (χ0v) is 8.17. The van der Waals surface area contributed by atoms with Crippen LogP contribution in [0.4, 0.5) is 0 Å². The third-order valence-electron chi connectivity index (χ3n) is 1.59. The van der Waals surface area contributed by atoms with Crippen LogP contribution in [0.15, 0.2) is 0 Å². The zero-order valence-electron chi connectivity index (χ0n) is 8.17. The molecule has 0 saturated heterocycles. The first-order valence-electron chi connectivity index (χ1n) is 4.48. The highest BCUT2D eigenvalue weighted by atomic mass is 16.4. The van der Waals surface area contributed by atoms with E-state index in [1.54, 1.807) is 0 Å². The summed E-state index contributed by atoms with van der Waals surface area (Å²) in [6.07, 6.45) is 0.572. The van der Waals surface area contributed by atoms with Crippen LogP contribution in [0.5, 0.6) is 0 Å². The molecule has 0 radical (unpaired) electrons. The minimum atomic E-state index is -0.831. The quantitative estimate of drug-likeness (QED) is 0.332. The Labute approximate surface area is 82.3 Å². The van der Waals surface area contributed by atoms with Crippen molar-refractivity contribution in [3.8, 4) is 0 Å². The van der Waals surface area contributed by atoms with Gasteiger partial charge in [-0.15, -0.1) is 0 Å². The van der Waals surface area contributed by atoms with Crippen molar-refractivity contribution in [2.45, 2.75) is 25.8 Å². The monoisotopic (exact) mass is 205 g/mol. The van der Waals surface area contributed by atoms with Gasteiger partial charge in [0.25, 0.3) is 0 Å². The molecule has 14 heavy (non-hydrogen) atoms. The van der Waals surface area contributed by atoms with Crippen LogP contribution in [-0.2, 0) is 9.59 Å². The lowest BCUT2D eigenvalue weighted by Crippen LogP contribution is -2.45. The van der Waals surface area contributed by atoms with Gasteiger partial charge < -0.3 is 15.5 Å². The van der Waals surface area contributed by atoms with Crippen LogP contribution in [-0.4, -0.2) is 41.4 Å². The maximum absolute atomic E-state index is 11.3. The van der Waals surface area contributed by atoms with E-state index in [0.29, 0.717) is 6.54 Å². The molecule has 0 aromatic rings. The van der Waals surface area contributed by atoms with Crippen LogP contribution in [0.25, 0.3) is 0 Å². The summed E-state index contributed by atoms with van der Waals surface area (Å²) in [5.41, 5.74) is 0. The van der Waals surface area contributed by atoms with Gasteiger partial charge in [-0.25, -0.2) is 0 Å². The van der Waals surface area contributed by atoms with Crippen molar-refractivity contribution in [2.75, 3.05) is 13.3 Å². The molecular formula is C8H17N2O4+. The average molecular weight is 205 g/mol. The first-order chi connectivity index (χ1) is 6.61. The van der Waals surface area contributed by atoms with Gasteiger partial charge in [0.05, 0.1) is 6.73 Å². The number of aliphatic hydroxyl groups is 1. The van der Waals surface area contributed by atoms with E-state index in [9.17, 15) is 9.59 Å². The van der Waals surface area contributed by atoms with Crippen LogP contribution in [0.2, 0.25) is 0 Å². The van der Waals surface area contributed by atoms with Crippen molar-refractivity contribution in [3.63, 3.8) is 0 Å². The summed E-state index contributed by atoms with van der Waals surface area (Å²) in [6.45, 7) is 2.04. The van der Waals surface area contributed by atoms with E-state index >= 15 is 0 Å². The minimum Gasteiger partial charge on any atom is -0.565 e. The van der Waals surface area contributed by atoms with Gasteiger partial charge in [-0.1, -0.05) is 6.92 Å². The predicted molar refractivity (Wildman–Crippen MR) is 50.5 cm³/mol. The summed E-state index contributed by atoms with van der Waals surface area (Å²) in [7, 11) is 0. The van der Waals surface area contributed by atoms with Gasteiger partial charge in [-0.3, -0.25) is 10.1 Å². The molecule has 1 atom stereocenters. The Kier molecular flexibility index (Phi) is 6.69. The third-order valence-corrected chi connectivity index (χ3v) is 1.59. The van der Waals surface area contributed by atoms with E-state index in [1.165, 1.54) is 0 Å². The second-order valence-electron chi connectivity index (χ2n) is 2.83. The molecule has 1 amide bonds. The summed E-state index contributed by atoms with van der Waals surface area (Å²) in [4.78, 5) is 21.8. The van der Waals surface area contributed by atoms with Crippen molar-refractivity contribution < 1.29 is 19.8 Å². The smallest absolute Gasteiger partial charge is 0.518 e. The highest BCUT2D eigenvalue weighted by molar-refractivity contribution is 5.86. The summed E-state index contributed by atoms with van der Waals surface area (Å²) < 4.78 is 0. The third kappa shape index (κ3) is 5.50. The molecule has 0 aromatic heterocycles. The number of rotatable bonds is 7. The van der Waals surface area contributed by atoms with Crippen molar-refractivity contribution in [2.24, 2.45) is 0 Å². The lowest BCUT2D eigenvalue weighted by atomic mass is 10.2. The van der Waals surface area contributed by atoms with Crippen molar-refractivity contribution in [1.29, 1.82) is 0 Å². The molecule has 0 spiro atoms. The van der Waals surface area contributed by atoms with Crippen LogP contribution >= 0.6 is 0 Å². The van der Waals surface area contributed by atoms with Gasteiger partial charge in [0.15, 0.2) is 0 Å². The molecule has 0 aliphatic rings. The minimum absolute atomic E-state index is 0.226. The fourth-order valence-electron chi connectivity index (χ4n) is 0.925. The first-order valence-corrected chi connectivity index (χ1v) is 4.48. The molecule has 0 unspecified atom stereocenters. The van der Waals surface area contributed by atoms with Gasteiger partial charge in [0.1, 0.15) is 12.5 Å². The Morgan fingerprint density at radius 2 is 2.14 bits per heavy atom. The normalized spacial score (nSPS) is 12.1. The molecule has 0 fully saturated rings. The molecule has 6 nitrogen and oxygen atoms in total. The van der Waals surface area contributed by atoms with E-state index in [-0.39, 0.29) is 12.3 Å². The van der Waals surface area contributed by atoms with E-state index in [4.69, 9.17) is 10.2 Å². The fourth-order valence-corrected chi connectivity index (χ4v) is 0.925. The van der Waals surface area contributed by atoms with Gasteiger partial charge >= 0.3 is 5.97 Å². The standard InChI is InChI=1S/C8H16N2O4/c1-2-3-9-8(14)6(10-5-11)4-7(12)13/h6,10-11H,2-5H2,1H3,(H,9,14)(H,12,13)/p+1/t6-/m0/s1.